The lowest BCUT2D eigenvalue weighted by Gasteiger charge is -2.31. The van der Waals surface area contributed by atoms with Gasteiger partial charge in [0.1, 0.15) is 0 Å². The molecule has 0 spiro atoms. The zero-order chi connectivity index (χ0) is 14.8. The SMILES string of the molecule is Cc1cc(C)c(C(CC(C)C(C)(C)C)NN)cc1C. The quantitative estimate of drug-likeness (QED) is 0.631. The van der Waals surface area contributed by atoms with Gasteiger partial charge in [0.15, 0.2) is 0 Å². The van der Waals surface area contributed by atoms with Crippen molar-refractivity contribution in [3.63, 3.8) is 0 Å². The molecule has 0 amide bonds. The number of hydrazine groups is 1. The summed E-state index contributed by atoms with van der Waals surface area (Å²) in [6.07, 6.45) is 1.06. The summed E-state index contributed by atoms with van der Waals surface area (Å²) in [6.45, 7) is 15.7. The van der Waals surface area contributed by atoms with Crippen LogP contribution in [-0.2, 0) is 0 Å². The first-order chi connectivity index (χ1) is 8.66. The van der Waals surface area contributed by atoms with Gasteiger partial charge >= 0.3 is 0 Å². The molecule has 0 aliphatic carbocycles. The zero-order valence-electron chi connectivity index (χ0n) is 13.6. The molecule has 0 saturated heterocycles. The van der Waals surface area contributed by atoms with E-state index in [-0.39, 0.29) is 6.04 Å². The number of hydrogen-bond donors (Lipinski definition) is 2. The summed E-state index contributed by atoms with van der Waals surface area (Å²) < 4.78 is 0. The third-order valence-corrected chi connectivity index (χ3v) is 4.53. The lowest BCUT2D eigenvalue weighted by Crippen LogP contribution is -2.32. The highest BCUT2D eigenvalue weighted by atomic mass is 15.2. The lowest BCUT2D eigenvalue weighted by atomic mass is 9.77. The molecular weight excluding hydrogens is 232 g/mol. The van der Waals surface area contributed by atoms with E-state index in [4.69, 9.17) is 5.84 Å². The molecule has 3 N–H and O–H groups in total. The molecule has 19 heavy (non-hydrogen) atoms. The summed E-state index contributed by atoms with van der Waals surface area (Å²) in [4.78, 5) is 0. The van der Waals surface area contributed by atoms with Gasteiger partial charge in [-0.3, -0.25) is 11.3 Å². The van der Waals surface area contributed by atoms with E-state index in [9.17, 15) is 0 Å². The summed E-state index contributed by atoms with van der Waals surface area (Å²) >= 11 is 0. The molecule has 0 radical (unpaired) electrons. The first kappa shape index (κ1) is 16.2. The third-order valence-electron chi connectivity index (χ3n) is 4.53. The molecule has 2 nitrogen and oxygen atoms in total. The van der Waals surface area contributed by atoms with Crippen molar-refractivity contribution in [2.45, 2.75) is 60.9 Å². The largest absolute Gasteiger partial charge is 0.271 e. The minimum atomic E-state index is 0.230. The molecule has 1 rings (SSSR count). The van der Waals surface area contributed by atoms with Gasteiger partial charge in [0, 0.05) is 6.04 Å². The molecule has 0 aliphatic heterocycles. The van der Waals surface area contributed by atoms with Gasteiger partial charge in [-0.25, -0.2) is 0 Å². The topological polar surface area (TPSA) is 38.0 Å². The number of rotatable bonds is 4. The molecule has 1 aromatic rings. The first-order valence-electron chi connectivity index (χ1n) is 7.20. The van der Waals surface area contributed by atoms with Crippen LogP contribution in [-0.4, -0.2) is 0 Å². The van der Waals surface area contributed by atoms with E-state index in [1.807, 2.05) is 0 Å². The Labute approximate surface area is 118 Å². The number of nitrogens with two attached hydrogens (primary N) is 1. The van der Waals surface area contributed by atoms with Crippen LogP contribution in [0, 0.1) is 32.1 Å². The second kappa shape index (κ2) is 6.06. The second-order valence-corrected chi connectivity index (χ2v) is 7.02. The van der Waals surface area contributed by atoms with Crippen molar-refractivity contribution in [3.05, 3.63) is 34.4 Å². The minimum Gasteiger partial charge on any atom is -0.271 e. The first-order valence-corrected chi connectivity index (χ1v) is 7.20. The molecule has 2 atom stereocenters. The Hall–Kier alpha value is -0.860. The zero-order valence-corrected chi connectivity index (χ0v) is 13.6. The minimum absolute atomic E-state index is 0.230. The number of benzene rings is 1. The Kier molecular flexibility index (Phi) is 5.17. The standard InChI is InChI=1S/C17H30N2/c1-11-8-13(3)15(9-12(11)2)16(19-18)10-14(4)17(5,6)7/h8-9,14,16,19H,10,18H2,1-7H3. The van der Waals surface area contributed by atoms with Crippen molar-refractivity contribution in [2.24, 2.45) is 17.2 Å². The van der Waals surface area contributed by atoms with Crippen LogP contribution in [0.25, 0.3) is 0 Å². The predicted octanol–water partition coefficient (Wildman–Crippen LogP) is 4.19. The Bertz CT molecular complexity index is 430. The van der Waals surface area contributed by atoms with Crippen LogP contribution in [0.15, 0.2) is 12.1 Å². The number of nitrogens with one attached hydrogen (secondary N) is 1. The summed E-state index contributed by atoms with van der Waals surface area (Å²) in [7, 11) is 0. The average molecular weight is 262 g/mol. The molecule has 2 unspecified atom stereocenters. The highest BCUT2D eigenvalue weighted by Crippen LogP contribution is 2.34. The predicted molar refractivity (Wildman–Crippen MR) is 84.0 cm³/mol. The lowest BCUT2D eigenvalue weighted by molar-refractivity contribution is 0.223. The van der Waals surface area contributed by atoms with Gasteiger partial charge in [0.2, 0.25) is 0 Å². The molecule has 0 saturated carbocycles. The summed E-state index contributed by atoms with van der Waals surface area (Å²) in [5.74, 6) is 6.41. The van der Waals surface area contributed by atoms with E-state index in [1.165, 1.54) is 22.3 Å². The third kappa shape index (κ3) is 4.05. The summed E-state index contributed by atoms with van der Waals surface area (Å²) in [5, 5.41) is 0. The summed E-state index contributed by atoms with van der Waals surface area (Å²) in [5.41, 5.74) is 8.66. The fourth-order valence-electron chi connectivity index (χ4n) is 2.35. The molecule has 0 heterocycles. The second-order valence-electron chi connectivity index (χ2n) is 7.02. The van der Waals surface area contributed by atoms with Gasteiger partial charge in [0.05, 0.1) is 0 Å². The van der Waals surface area contributed by atoms with Gasteiger partial charge in [0.25, 0.3) is 0 Å². The fourth-order valence-corrected chi connectivity index (χ4v) is 2.35. The van der Waals surface area contributed by atoms with Crippen molar-refractivity contribution < 1.29 is 0 Å². The van der Waals surface area contributed by atoms with E-state index in [1.54, 1.807) is 0 Å². The van der Waals surface area contributed by atoms with Crippen LogP contribution >= 0.6 is 0 Å². The van der Waals surface area contributed by atoms with E-state index in [0.717, 1.165) is 6.42 Å². The van der Waals surface area contributed by atoms with Crippen molar-refractivity contribution in [3.8, 4) is 0 Å². The van der Waals surface area contributed by atoms with Crippen molar-refractivity contribution in [2.75, 3.05) is 0 Å². The van der Waals surface area contributed by atoms with Gasteiger partial charge in [-0.15, -0.1) is 0 Å². The number of aryl methyl sites for hydroxylation is 3. The van der Waals surface area contributed by atoms with Crippen LogP contribution in [0.5, 0.6) is 0 Å². The smallest absolute Gasteiger partial charge is 0.0465 e. The van der Waals surface area contributed by atoms with E-state index in [0.29, 0.717) is 11.3 Å². The van der Waals surface area contributed by atoms with Gasteiger partial charge in [-0.2, -0.15) is 0 Å². The van der Waals surface area contributed by atoms with Crippen molar-refractivity contribution in [1.82, 2.24) is 5.43 Å². The van der Waals surface area contributed by atoms with Crippen LogP contribution in [0.3, 0.4) is 0 Å². The highest BCUT2D eigenvalue weighted by Gasteiger charge is 2.24. The Balaban J connectivity index is 3.01. The monoisotopic (exact) mass is 262 g/mol. The van der Waals surface area contributed by atoms with Crippen LogP contribution in [0.1, 0.15) is 62.4 Å². The molecule has 0 fully saturated rings. The fraction of sp³-hybridized carbons (Fsp3) is 0.647. The van der Waals surface area contributed by atoms with Crippen LogP contribution in [0.2, 0.25) is 0 Å². The van der Waals surface area contributed by atoms with Gasteiger partial charge in [-0.1, -0.05) is 39.8 Å². The van der Waals surface area contributed by atoms with Crippen LogP contribution < -0.4 is 11.3 Å². The van der Waals surface area contributed by atoms with Crippen LogP contribution in [0.4, 0.5) is 0 Å². The molecule has 108 valence electrons. The van der Waals surface area contributed by atoms with E-state index in [2.05, 4.69) is 66.0 Å². The Morgan fingerprint density at radius 1 is 1.05 bits per heavy atom. The van der Waals surface area contributed by atoms with Crippen molar-refractivity contribution >= 4 is 0 Å². The van der Waals surface area contributed by atoms with Gasteiger partial charge < -0.3 is 0 Å². The molecule has 0 aromatic heterocycles. The molecular formula is C17H30N2. The normalized spacial score (nSPS) is 15.4. The number of hydrogen-bond acceptors (Lipinski definition) is 2. The highest BCUT2D eigenvalue weighted by molar-refractivity contribution is 5.38. The molecule has 1 aromatic carbocycles. The average Bonchev–Trinajstić information content (AvgIpc) is 2.29. The maximum Gasteiger partial charge on any atom is 0.0465 e. The maximum absolute atomic E-state index is 5.80. The van der Waals surface area contributed by atoms with Crippen molar-refractivity contribution in [1.29, 1.82) is 0 Å². The molecule has 2 heteroatoms. The van der Waals surface area contributed by atoms with Gasteiger partial charge in [-0.05, 0) is 60.8 Å². The maximum atomic E-state index is 5.80. The molecule has 0 bridgehead atoms. The Morgan fingerprint density at radius 2 is 1.58 bits per heavy atom. The Morgan fingerprint density at radius 3 is 2.05 bits per heavy atom. The summed E-state index contributed by atoms with van der Waals surface area (Å²) in [6, 6.07) is 4.77. The van der Waals surface area contributed by atoms with E-state index < -0.39 is 0 Å². The molecule has 0 aliphatic rings. The van der Waals surface area contributed by atoms with E-state index >= 15 is 0 Å².